The van der Waals surface area contributed by atoms with Crippen LogP contribution in [0.4, 0.5) is 0 Å². The van der Waals surface area contributed by atoms with Crippen molar-refractivity contribution in [2.24, 2.45) is 0 Å². The summed E-state index contributed by atoms with van der Waals surface area (Å²) >= 11 is 3.45. The molecule has 0 saturated carbocycles. The van der Waals surface area contributed by atoms with Crippen molar-refractivity contribution < 1.29 is 28.8 Å². The van der Waals surface area contributed by atoms with Crippen LogP contribution in [0.5, 0.6) is 28.7 Å². The summed E-state index contributed by atoms with van der Waals surface area (Å²) in [6, 6.07) is 9.28. The average molecular weight is 468 g/mol. The molecule has 2 N–H and O–H groups in total. The summed E-state index contributed by atoms with van der Waals surface area (Å²) in [4.78, 5) is 0. The molecule has 1 aliphatic heterocycles. The summed E-state index contributed by atoms with van der Waals surface area (Å²) in [5, 5.41) is 13.7. The molecule has 0 saturated heterocycles. The third-order valence-corrected chi connectivity index (χ3v) is 5.36. The molecule has 7 nitrogen and oxygen atoms in total. The highest BCUT2D eigenvalue weighted by atomic mass is 79.9. The molecule has 2 aromatic carbocycles. The molecule has 1 aliphatic rings. The molecule has 0 spiro atoms. The van der Waals surface area contributed by atoms with E-state index in [1.165, 1.54) is 0 Å². The van der Waals surface area contributed by atoms with Gasteiger partial charge in [-0.25, -0.2) is 0 Å². The van der Waals surface area contributed by atoms with E-state index < -0.39 is 6.10 Å². The molecule has 2 unspecified atom stereocenters. The SMILES string of the molecule is COc1ccc(CCNC(C)C(O)COc2cc3c(cc2Br)OCO3)cc1OC. The van der Waals surface area contributed by atoms with Gasteiger partial charge in [0.05, 0.1) is 18.7 Å². The minimum Gasteiger partial charge on any atom is -0.493 e. The summed E-state index contributed by atoms with van der Waals surface area (Å²) in [5.41, 5.74) is 1.12. The monoisotopic (exact) mass is 467 g/mol. The van der Waals surface area contributed by atoms with Crippen LogP contribution in [0.15, 0.2) is 34.8 Å². The largest absolute Gasteiger partial charge is 0.493 e. The lowest BCUT2D eigenvalue weighted by Crippen LogP contribution is -2.41. The molecule has 1 heterocycles. The molecule has 0 radical (unpaired) electrons. The fraction of sp³-hybridized carbons (Fsp3) is 0.429. The van der Waals surface area contributed by atoms with Gasteiger partial charge in [0.25, 0.3) is 0 Å². The van der Waals surface area contributed by atoms with Gasteiger partial charge >= 0.3 is 0 Å². The Balaban J connectivity index is 1.45. The van der Waals surface area contributed by atoms with Gasteiger partial charge in [0, 0.05) is 18.2 Å². The van der Waals surface area contributed by atoms with Crippen LogP contribution in [0, 0.1) is 0 Å². The lowest BCUT2D eigenvalue weighted by molar-refractivity contribution is 0.0784. The quantitative estimate of drug-likeness (QED) is 0.555. The van der Waals surface area contributed by atoms with E-state index in [1.807, 2.05) is 25.1 Å². The summed E-state index contributed by atoms with van der Waals surface area (Å²) in [6.45, 7) is 3.00. The second kappa shape index (κ2) is 10.0. The Morgan fingerprint density at radius 3 is 2.52 bits per heavy atom. The van der Waals surface area contributed by atoms with E-state index in [2.05, 4.69) is 21.2 Å². The molecular formula is C21H26BrNO6. The number of hydrogen-bond donors (Lipinski definition) is 2. The van der Waals surface area contributed by atoms with Gasteiger partial charge in [-0.05, 0) is 53.5 Å². The predicted octanol–water partition coefficient (Wildman–Crippen LogP) is 3.16. The highest BCUT2D eigenvalue weighted by Gasteiger charge is 2.19. The van der Waals surface area contributed by atoms with E-state index >= 15 is 0 Å². The number of aliphatic hydroxyl groups excluding tert-OH is 1. The molecule has 8 heteroatoms. The molecule has 3 rings (SSSR count). The zero-order valence-electron chi connectivity index (χ0n) is 16.7. The van der Waals surface area contributed by atoms with Gasteiger partial charge in [0.2, 0.25) is 6.79 Å². The van der Waals surface area contributed by atoms with Crippen molar-refractivity contribution in [1.29, 1.82) is 0 Å². The molecule has 0 amide bonds. The fourth-order valence-corrected chi connectivity index (χ4v) is 3.38. The first-order chi connectivity index (χ1) is 14.0. The third kappa shape index (κ3) is 5.46. The highest BCUT2D eigenvalue weighted by molar-refractivity contribution is 9.10. The topological polar surface area (TPSA) is 78.4 Å². The second-order valence-corrected chi connectivity index (χ2v) is 7.55. The van der Waals surface area contributed by atoms with Gasteiger partial charge in [-0.2, -0.15) is 0 Å². The number of fused-ring (bicyclic) bond motifs is 1. The Bertz CT molecular complexity index is 831. The Kier molecular flexibility index (Phi) is 7.46. The standard InChI is InChI=1S/C21H26BrNO6/c1-13(23-7-6-14-4-5-17(25-2)19(8-14)26-3)16(24)11-27-18-10-21-20(9-15(18)22)28-12-29-21/h4-5,8-10,13,16,23-24H,6-7,11-12H2,1-3H3. The predicted molar refractivity (Wildman–Crippen MR) is 112 cm³/mol. The number of halogens is 1. The van der Waals surface area contributed by atoms with E-state index in [9.17, 15) is 5.11 Å². The average Bonchev–Trinajstić information content (AvgIpc) is 3.18. The van der Waals surface area contributed by atoms with Gasteiger partial charge in [-0.15, -0.1) is 0 Å². The van der Waals surface area contributed by atoms with Crippen molar-refractivity contribution in [2.75, 3.05) is 34.2 Å². The van der Waals surface area contributed by atoms with Crippen molar-refractivity contribution in [2.45, 2.75) is 25.5 Å². The van der Waals surface area contributed by atoms with Crippen LogP contribution in [0.3, 0.4) is 0 Å². The number of methoxy groups -OCH3 is 2. The van der Waals surface area contributed by atoms with Gasteiger partial charge in [-0.1, -0.05) is 6.07 Å². The minimum atomic E-state index is -0.669. The lowest BCUT2D eigenvalue weighted by atomic mass is 10.1. The number of nitrogens with one attached hydrogen (secondary N) is 1. The zero-order valence-corrected chi connectivity index (χ0v) is 18.3. The van der Waals surface area contributed by atoms with Gasteiger partial charge in [0.1, 0.15) is 18.5 Å². The maximum Gasteiger partial charge on any atom is 0.231 e. The first-order valence-electron chi connectivity index (χ1n) is 9.36. The van der Waals surface area contributed by atoms with E-state index in [0.29, 0.717) is 35.3 Å². The first-order valence-corrected chi connectivity index (χ1v) is 10.2. The maximum absolute atomic E-state index is 10.4. The lowest BCUT2D eigenvalue weighted by Gasteiger charge is -2.21. The zero-order chi connectivity index (χ0) is 20.8. The Labute approximate surface area is 179 Å². The normalized spacial score (nSPS) is 14.4. The number of benzene rings is 2. The molecule has 0 fully saturated rings. The van der Waals surface area contributed by atoms with Crippen molar-refractivity contribution in [3.8, 4) is 28.7 Å². The van der Waals surface area contributed by atoms with Crippen LogP contribution in [-0.4, -0.2) is 51.4 Å². The summed E-state index contributed by atoms with van der Waals surface area (Å²) in [5.74, 6) is 3.33. The number of ether oxygens (including phenoxy) is 5. The first kappa shape index (κ1) is 21.5. The van der Waals surface area contributed by atoms with Crippen LogP contribution < -0.4 is 29.0 Å². The van der Waals surface area contributed by atoms with Crippen molar-refractivity contribution in [3.05, 3.63) is 40.4 Å². The fourth-order valence-electron chi connectivity index (χ4n) is 2.94. The Hall–Kier alpha value is -2.16. The molecule has 158 valence electrons. The minimum absolute atomic E-state index is 0.136. The van der Waals surface area contributed by atoms with E-state index in [0.717, 1.165) is 16.5 Å². The third-order valence-electron chi connectivity index (χ3n) is 4.74. The molecule has 0 aromatic heterocycles. The van der Waals surface area contributed by atoms with Crippen molar-refractivity contribution in [1.82, 2.24) is 5.32 Å². The van der Waals surface area contributed by atoms with Crippen molar-refractivity contribution >= 4 is 15.9 Å². The van der Waals surface area contributed by atoms with Gasteiger partial charge in [0.15, 0.2) is 23.0 Å². The summed E-state index contributed by atoms with van der Waals surface area (Å²) in [6.07, 6.45) is 0.129. The van der Waals surface area contributed by atoms with E-state index in [-0.39, 0.29) is 19.4 Å². The molecule has 2 atom stereocenters. The summed E-state index contributed by atoms with van der Waals surface area (Å²) in [7, 11) is 3.24. The van der Waals surface area contributed by atoms with Crippen LogP contribution >= 0.6 is 15.9 Å². The van der Waals surface area contributed by atoms with Gasteiger partial charge in [-0.3, -0.25) is 0 Å². The van der Waals surface area contributed by atoms with Crippen LogP contribution in [-0.2, 0) is 6.42 Å². The van der Waals surface area contributed by atoms with Crippen LogP contribution in [0.2, 0.25) is 0 Å². The number of aliphatic hydroxyl groups is 1. The van der Waals surface area contributed by atoms with Crippen LogP contribution in [0.1, 0.15) is 12.5 Å². The Morgan fingerprint density at radius 1 is 1.07 bits per heavy atom. The number of hydrogen-bond acceptors (Lipinski definition) is 7. The smallest absolute Gasteiger partial charge is 0.231 e. The van der Waals surface area contributed by atoms with E-state index in [1.54, 1.807) is 26.4 Å². The molecule has 29 heavy (non-hydrogen) atoms. The van der Waals surface area contributed by atoms with E-state index in [4.69, 9.17) is 23.7 Å². The summed E-state index contributed by atoms with van der Waals surface area (Å²) < 4.78 is 27.8. The van der Waals surface area contributed by atoms with Crippen molar-refractivity contribution in [3.63, 3.8) is 0 Å². The highest BCUT2D eigenvalue weighted by Crippen LogP contribution is 2.40. The molecule has 2 aromatic rings. The van der Waals surface area contributed by atoms with Gasteiger partial charge < -0.3 is 34.1 Å². The molecular weight excluding hydrogens is 442 g/mol. The maximum atomic E-state index is 10.4. The molecule has 0 aliphatic carbocycles. The van der Waals surface area contributed by atoms with Crippen LogP contribution in [0.25, 0.3) is 0 Å². The Morgan fingerprint density at radius 2 is 1.79 bits per heavy atom. The molecule has 0 bridgehead atoms. The number of rotatable bonds is 10. The second-order valence-electron chi connectivity index (χ2n) is 6.70.